The number of hydrogen-bond acceptors (Lipinski definition) is 6. The number of carbonyl (C=O) groups excluding carboxylic acids is 4. The molecule has 0 spiro atoms. The second kappa shape index (κ2) is 10.6. The Balaban J connectivity index is 1.58. The van der Waals surface area contributed by atoms with E-state index in [4.69, 9.17) is 0 Å². The van der Waals surface area contributed by atoms with Crippen LogP contribution >= 0.6 is 0 Å². The number of fused-ring (bicyclic) bond motifs is 1. The first-order valence-corrected chi connectivity index (χ1v) is 16.1. The number of nitrogens with one attached hydrogen (secondary N) is 4. The second-order valence-corrected chi connectivity index (χ2v) is 16.5. The summed E-state index contributed by atoms with van der Waals surface area (Å²) in [5.41, 5.74) is -2.92. The van der Waals surface area contributed by atoms with E-state index in [0.29, 0.717) is 6.54 Å². The molecule has 236 valence electrons. The van der Waals surface area contributed by atoms with Crippen molar-refractivity contribution in [1.29, 1.82) is 0 Å². The average Bonchev–Trinajstić information content (AvgIpc) is 3.63. The van der Waals surface area contributed by atoms with Gasteiger partial charge in [-0.05, 0) is 62.0 Å². The number of amides is 5. The van der Waals surface area contributed by atoms with Crippen LogP contribution in [0.4, 0.5) is 4.79 Å². The van der Waals surface area contributed by atoms with Crippen LogP contribution < -0.4 is 20.7 Å². The van der Waals surface area contributed by atoms with E-state index in [1.165, 1.54) is 23.1 Å². The summed E-state index contributed by atoms with van der Waals surface area (Å²) in [6.07, 6.45) is 1.69. The Bertz CT molecular complexity index is 1430. The molecule has 11 nitrogen and oxygen atoms in total. The number of urea groups is 1. The zero-order valence-electron chi connectivity index (χ0n) is 26.3. The lowest BCUT2D eigenvalue weighted by Crippen LogP contribution is -2.62. The molecule has 0 radical (unpaired) electrons. The molecule has 0 aromatic heterocycles. The summed E-state index contributed by atoms with van der Waals surface area (Å²) in [6.45, 7) is 19.2. The number of benzene rings is 1. The minimum atomic E-state index is -4.18. The molecule has 1 saturated heterocycles. The van der Waals surface area contributed by atoms with Gasteiger partial charge in [-0.1, -0.05) is 58.9 Å². The molecule has 0 bridgehead atoms. The molecule has 4 N–H and O–H groups in total. The van der Waals surface area contributed by atoms with Crippen LogP contribution in [0.2, 0.25) is 0 Å². The van der Waals surface area contributed by atoms with Crippen molar-refractivity contribution >= 4 is 33.8 Å². The predicted molar refractivity (Wildman–Crippen MR) is 162 cm³/mol. The fourth-order valence-corrected chi connectivity index (χ4v) is 7.39. The Kier molecular flexibility index (Phi) is 8.04. The average molecular weight is 616 g/mol. The van der Waals surface area contributed by atoms with Crippen molar-refractivity contribution in [2.75, 3.05) is 6.54 Å². The molecule has 3 aliphatic rings. The normalized spacial score (nSPS) is 28.1. The SMILES string of the molecule is C=CC1C[C@]1(NC(=O)[C@@H]1[C@@H]2C(CN1C(=O)[C@@H](NC(=O)NC(C)(C)C)C(C)(C)C)C2(C)C)C(=O)NS(=O)(=O)c1ccccc1. The van der Waals surface area contributed by atoms with Gasteiger partial charge < -0.3 is 20.9 Å². The van der Waals surface area contributed by atoms with Gasteiger partial charge in [0.05, 0.1) is 4.90 Å². The highest BCUT2D eigenvalue weighted by atomic mass is 32.2. The lowest BCUT2D eigenvalue weighted by atomic mass is 9.85. The summed E-state index contributed by atoms with van der Waals surface area (Å²) in [7, 11) is -4.18. The standard InChI is InChI=1S/C31H45N5O6S/c1-10-18-16-31(18,26(39)35-43(41,42)19-14-12-11-13-15-19)33-24(37)22-21-20(30(21,8)9)17-36(22)25(38)23(28(2,3)4)32-27(40)34-29(5,6)7/h10-15,18,20-23H,1,16-17H2,2-9H3,(H,33,37)(H,35,39)(H2,32,34,40)/t18?,20?,21-,22-,23+,31+/m0/s1. The topological polar surface area (TPSA) is 154 Å². The Morgan fingerprint density at radius 3 is 2.16 bits per heavy atom. The second-order valence-electron chi connectivity index (χ2n) is 14.8. The van der Waals surface area contributed by atoms with Gasteiger partial charge in [-0.3, -0.25) is 14.4 Å². The van der Waals surface area contributed by atoms with Gasteiger partial charge in [0, 0.05) is 18.0 Å². The first-order valence-electron chi connectivity index (χ1n) is 14.6. The molecule has 1 aromatic rings. The van der Waals surface area contributed by atoms with Gasteiger partial charge in [-0.25, -0.2) is 17.9 Å². The summed E-state index contributed by atoms with van der Waals surface area (Å²) < 4.78 is 28.0. The van der Waals surface area contributed by atoms with Gasteiger partial charge in [0.2, 0.25) is 11.8 Å². The van der Waals surface area contributed by atoms with E-state index in [1.54, 1.807) is 18.2 Å². The smallest absolute Gasteiger partial charge is 0.315 e. The van der Waals surface area contributed by atoms with Crippen LogP contribution in [0.3, 0.4) is 0 Å². The fraction of sp³-hybridized carbons (Fsp3) is 0.613. The van der Waals surface area contributed by atoms with Crippen LogP contribution in [-0.2, 0) is 24.4 Å². The molecule has 12 heteroatoms. The maximum absolute atomic E-state index is 14.1. The van der Waals surface area contributed by atoms with E-state index in [-0.39, 0.29) is 34.5 Å². The van der Waals surface area contributed by atoms with Crippen molar-refractivity contribution in [2.45, 2.75) is 89.9 Å². The van der Waals surface area contributed by atoms with Gasteiger partial charge in [0.15, 0.2) is 0 Å². The lowest BCUT2D eigenvalue weighted by molar-refractivity contribution is -0.144. The van der Waals surface area contributed by atoms with E-state index < -0.39 is 62.4 Å². The molecule has 1 aromatic carbocycles. The van der Waals surface area contributed by atoms with Crippen molar-refractivity contribution in [3.63, 3.8) is 0 Å². The largest absolute Gasteiger partial charge is 0.339 e. The Labute approximate surface area is 254 Å². The molecular formula is C31H45N5O6S. The molecule has 1 aliphatic heterocycles. The molecule has 2 saturated carbocycles. The highest BCUT2D eigenvalue weighted by Crippen LogP contribution is 2.65. The van der Waals surface area contributed by atoms with E-state index in [2.05, 4.69) is 27.3 Å². The van der Waals surface area contributed by atoms with Crippen LogP contribution in [0.15, 0.2) is 47.9 Å². The minimum absolute atomic E-state index is 0.0638. The number of nitrogens with zero attached hydrogens (tertiary/aromatic N) is 1. The third-order valence-corrected chi connectivity index (χ3v) is 10.3. The number of carbonyl (C=O) groups is 4. The van der Waals surface area contributed by atoms with Crippen LogP contribution in [0.1, 0.15) is 61.8 Å². The zero-order chi connectivity index (χ0) is 32.3. The molecule has 4 rings (SSSR count). The molecule has 5 amide bonds. The highest BCUT2D eigenvalue weighted by molar-refractivity contribution is 7.90. The van der Waals surface area contributed by atoms with Crippen molar-refractivity contribution in [3.05, 3.63) is 43.0 Å². The molecule has 1 heterocycles. The van der Waals surface area contributed by atoms with E-state index in [9.17, 15) is 27.6 Å². The van der Waals surface area contributed by atoms with Crippen molar-refractivity contribution in [3.8, 4) is 0 Å². The number of rotatable bonds is 8. The molecule has 2 aliphatic carbocycles. The van der Waals surface area contributed by atoms with Crippen LogP contribution in [0, 0.1) is 28.6 Å². The Morgan fingerprint density at radius 1 is 1.05 bits per heavy atom. The number of hydrogen-bond donors (Lipinski definition) is 4. The number of sulfonamides is 1. The Hall–Kier alpha value is -3.41. The summed E-state index contributed by atoms with van der Waals surface area (Å²) >= 11 is 0. The first-order chi connectivity index (χ1) is 19.7. The van der Waals surface area contributed by atoms with Gasteiger partial charge in [-0.15, -0.1) is 6.58 Å². The van der Waals surface area contributed by atoms with E-state index in [1.807, 2.05) is 55.4 Å². The third kappa shape index (κ3) is 6.30. The maximum Gasteiger partial charge on any atom is 0.315 e. The van der Waals surface area contributed by atoms with E-state index >= 15 is 0 Å². The Morgan fingerprint density at radius 2 is 1.65 bits per heavy atom. The molecule has 43 heavy (non-hydrogen) atoms. The van der Waals surface area contributed by atoms with Crippen molar-refractivity contribution in [1.82, 2.24) is 25.6 Å². The molecule has 2 unspecified atom stereocenters. The predicted octanol–water partition coefficient (Wildman–Crippen LogP) is 2.55. The van der Waals surface area contributed by atoms with Crippen LogP contribution in [-0.4, -0.2) is 66.8 Å². The third-order valence-electron chi connectivity index (χ3n) is 8.97. The molecule has 6 atom stereocenters. The summed E-state index contributed by atoms with van der Waals surface area (Å²) in [6, 6.07) is 5.18. The van der Waals surface area contributed by atoms with Gasteiger partial charge in [0.1, 0.15) is 17.6 Å². The highest BCUT2D eigenvalue weighted by Gasteiger charge is 2.71. The summed E-state index contributed by atoms with van der Waals surface area (Å²) in [5.74, 6) is -2.36. The maximum atomic E-state index is 14.1. The number of likely N-dealkylation sites (tertiary alicyclic amines) is 1. The minimum Gasteiger partial charge on any atom is -0.339 e. The lowest BCUT2D eigenvalue weighted by Gasteiger charge is -2.38. The molecule has 3 fully saturated rings. The van der Waals surface area contributed by atoms with Gasteiger partial charge >= 0.3 is 6.03 Å². The van der Waals surface area contributed by atoms with Crippen molar-refractivity contribution in [2.24, 2.45) is 28.6 Å². The van der Waals surface area contributed by atoms with Gasteiger partial charge in [-0.2, -0.15) is 0 Å². The van der Waals surface area contributed by atoms with Crippen LogP contribution in [0.5, 0.6) is 0 Å². The fourth-order valence-electron chi connectivity index (χ4n) is 6.34. The molecular weight excluding hydrogens is 570 g/mol. The number of piperidine rings is 1. The van der Waals surface area contributed by atoms with Gasteiger partial charge in [0.25, 0.3) is 15.9 Å². The quantitative estimate of drug-likeness (QED) is 0.330. The summed E-state index contributed by atoms with van der Waals surface area (Å²) in [4.78, 5) is 55.9. The van der Waals surface area contributed by atoms with Crippen LogP contribution in [0.25, 0.3) is 0 Å². The zero-order valence-corrected chi connectivity index (χ0v) is 27.1. The van der Waals surface area contributed by atoms with E-state index in [0.717, 1.165) is 0 Å². The van der Waals surface area contributed by atoms with Crippen molar-refractivity contribution < 1.29 is 27.6 Å². The first kappa shape index (κ1) is 32.5. The monoisotopic (exact) mass is 615 g/mol. The summed E-state index contributed by atoms with van der Waals surface area (Å²) in [5, 5.41) is 8.47.